The molecule has 4 atom stereocenters. The molecular formula is C40H81NO5. The number of rotatable bonds is 37. The molecule has 0 saturated carbocycles. The summed E-state index contributed by atoms with van der Waals surface area (Å²) in [6.07, 6.45) is 35.5. The number of aliphatic hydroxyl groups is 4. The van der Waals surface area contributed by atoms with E-state index in [4.69, 9.17) is 0 Å². The average Bonchev–Trinajstić information content (AvgIpc) is 3.06. The predicted molar refractivity (Wildman–Crippen MR) is 196 cm³/mol. The zero-order chi connectivity index (χ0) is 33.9. The molecule has 0 spiro atoms. The third-order valence-electron chi connectivity index (χ3n) is 9.82. The van der Waals surface area contributed by atoms with Crippen molar-refractivity contribution < 1.29 is 25.2 Å². The van der Waals surface area contributed by atoms with E-state index in [1.807, 2.05) is 0 Å². The number of nitrogens with one attached hydrogen (secondary N) is 1. The molecule has 0 fully saturated rings. The summed E-state index contributed by atoms with van der Waals surface area (Å²) >= 11 is 0. The second-order valence-electron chi connectivity index (χ2n) is 14.3. The highest BCUT2D eigenvalue weighted by molar-refractivity contribution is 5.80. The van der Waals surface area contributed by atoms with Crippen molar-refractivity contribution in [2.24, 2.45) is 0 Å². The van der Waals surface area contributed by atoms with E-state index >= 15 is 0 Å². The largest absolute Gasteiger partial charge is 0.394 e. The lowest BCUT2D eigenvalue weighted by atomic mass is 9.99. The first-order valence-corrected chi connectivity index (χ1v) is 20.4. The molecule has 0 aliphatic rings. The summed E-state index contributed by atoms with van der Waals surface area (Å²) < 4.78 is 0. The first-order chi connectivity index (χ1) is 22.5. The summed E-state index contributed by atoms with van der Waals surface area (Å²) in [6.45, 7) is 4.05. The molecule has 5 N–H and O–H groups in total. The van der Waals surface area contributed by atoms with E-state index in [0.717, 1.165) is 38.5 Å². The van der Waals surface area contributed by atoms with Crippen LogP contribution in [0, 0.1) is 0 Å². The van der Waals surface area contributed by atoms with Crippen molar-refractivity contribution in [1.82, 2.24) is 5.32 Å². The van der Waals surface area contributed by atoms with Crippen LogP contribution >= 0.6 is 0 Å². The standard InChI is InChI=1S/C40H81NO5/c1-3-5-7-9-11-13-15-17-18-19-20-22-24-26-28-30-32-34-38(44)40(46)41-36(35-42)39(45)37(43)33-31-29-27-25-23-21-16-14-12-10-8-6-4-2/h36-39,42-45H,3-35H2,1-2H3,(H,41,46). The first-order valence-electron chi connectivity index (χ1n) is 20.4. The van der Waals surface area contributed by atoms with Gasteiger partial charge in [0.2, 0.25) is 5.91 Å². The third kappa shape index (κ3) is 29.4. The Morgan fingerprint density at radius 1 is 0.457 bits per heavy atom. The summed E-state index contributed by atoms with van der Waals surface area (Å²) in [5.41, 5.74) is 0. The van der Waals surface area contributed by atoms with Gasteiger partial charge in [0.1, 0.15) is 12.2 Å². The highest BCUT2D eigenvalue weighted by Crippen LogP contribution is 2.17. The molecule has 276 valence electrons. The van der Waals surface area contributed by atoms with Crippen LogP contribution in [-0.2, 0) is 4.79 Å². The molecule has 6 nitrogen and oxygen atoms in total. The number of hydrogen-bond acceptors (Lipinski definition) is 5. The number of unbranched alkanes of at least 4 members (excludes halogenated alkanes) is 28. The van der Waals surface area contributed by atoms with E-state index < -0.39 is 36.9 Å². The molecular weight excluding hydrogens is 574 g/mol. The molecule has 0 rings (SSSR count). The maximum atomic E-state index is 12.5. The molecule has 46 heavy (non-hydrogen) atoms. The van der Waals surface area contributed by atoms with Crippen LogP contribution in [-0.4, -0.2) is 57.3 Å². The van der Waals surface area contributed by atoms with Crippen molar-refractivity contribution in [1.29, 1.82) is 0 Å². The molecule has 6 heteroatoms. The summed E-state index contributed by atoms with van der Waals surface area (Å²) in [5, 5.41) is 43.5. The highest BCUT2D eigenvalue weighted by atomic mass is 16.3. The summed E-state index contributed by atoms with van der Waals surface area (Å²) in [6, 6.07) is -0.977. The van der Waals surface area contributed by atoms with E-state index in [2.05, 4.69) is 19.2 Å². The molecule has 0 aromatic rings. The maximum Gasteiger partial charge on any atom is 0.249 e. The Balaban J connectivity index is 3.73. The fourth-order valence-corrected chi connectivity index (χ4v) is 6.52. The van der Waals surface area contributed by atoms with Crippen LogP contribution in [0.4, 0.5) is 0 Å². The van der Waals surface area contributed by atoms with Crippen LogP contribution in [0.25, 0.3) is 0 Å². The molecule has 0 radical (unpaired) electrons. The van der Waals surface area contributed by atoms with Crippen molar-refractivity contribution in [3.63, 3.8) is 0 Å². The lowest BCUT2D eigenvalue weighted by Crippen LogP contribution is -2.53. The first kappa shape index (κ1) is 45.3. The summed E-state index contributed by atoms with van der Waals surface area (Å²) in [4.78, 5) is 12.5. The number of aliphatic hydroxyl groups excluding tert-OH is 4. The fourth-order valence-electron chi connectivity index (χ4n) is 6.52. The van der Waals surface area contributed by atoms with Crippen molar-refractivity contribution in [3.05, 3.63) is 0 Å². The Labute approximate surface area is 286 Å². The second kappa shape index (κ2) is 35.6. The van der Waals surface area contributed by atoms with Gasteiger partial charge >= 0.3 is 0 Å². The van der Waals surface area contributed by atoms with Crippen LogP contribution in [0.1, 0.15) is 219 Å². The Morgan fingerprint density at radius 3 is 1.04 bits per heavy atom. The number of amides is 1. The van der Waals surface area contributed by atoms with Crippen molar-refractivity contribution >= 4 is 5.91 Å². The Bertz CT molecular complexity index is 618. The van der Waals surface area contributed by atoms with E-state index in [-0.39, 0.29) is 0 Å². The molecule has 0 aromatic carbocycles. The molecule has 0 heterocycles. The van der Waals surface area contributed by atoms with Crippen LogP contribution < -0.4 is 5.32 Å². The van der Waals surface area contributed by atoms with Crippen molar-refractivity contribution in [3.8, 4) is 0 Å². The van der Waals surface area contributed by atoms with Gasteiger partial charge in [-0.05, 0) is 12.8 Å². The monoisotopic (exact) mass is 656 g/mol. The quantitative estimate of drug-likeness (QED) is 0.0428. The lowest BCUT2D eigenvalue weighted by molar-refractivity contribution is -0.132. The van der Waals surface area contributed by atoms with Gasteiger partial charge in [-0.2, -0.15) is 0 Å². The van der Waals surface area contributed by atoms with Gasteiger partial charge in [-0.15, -0.1) is 0 Å². The molecule has 0 aromatic heterocycles. The minimum absolute atomic E-state index is 0.375. The summed E-state index contributed by atoms with van der Waals surface area (Å²) in [5.74, 6) is -0.581. The average molecular weight is 656 g/mol. The Kier molecular flexibility index (Phi) is 35.1. The van der Waals surface area contributed by atoms with E-state index in [1.54, 1.807) is 0 Å². The Morgan fingerprint density at radius 2 is 0.739 bits per heavy atom. The van der Waals surface area contributed by atoms with Crippen LogP contribution in [0.5, 0.6) is 0 Å². The van der Waals surface area contributed by atoms with Gasteiger partial charge < -0.3 is 25.7 Å². The van der Waals surface area contributed by atoms with Gasteiger partial charge in [-0.25, -0.2) is 0 Å². The molecule has 0 aliphatic heterocycles. The zero-order valence-corrected chi connectivity index (χ0v) is 30.8. The maximum absolute atomic E-state index is 12.5. The van der Waals surface area contributed by atoms with Gasteiger partial charge in [0.05, 0.1) is 18.8 Å². The van der Waals surface area contributed by atoms with Gasteiger partial charge in [0.25, 0.3) is 0 Å². The molecule has 0 aliphatic carbocycles. The number of carbonyl (C=O) groups is 1. The second-order valence-corrected chi connectivity index (χ2v) is 14.3. The summed E-state index contributed by atoms with van der Waals surface area (Å²) in [7, 11) is 0. The van der Waals surface area contributed by atoms with Crippen molar-refractivity contribution in [2.45, 2.75) is 244 Å². The minimum atomic E-state index is -1.25. The SMILES string of the molecule is CCCCCCCCCCCCCCCCCCCC(O)C(=O)NC(CO)C(O)C(O)CCCCCCCCCCCCCCC. The lowest BCUT2D eigenvalue weighted by Gasteiger charge is -2.27. The van der Waals surface area contributed by atoms with E-state index in [0.29, 0.717) is 12.8 Å². The fraction of sp³-hybridized carbons (Fsp3) is 0.975. The van der Waals surface area contributed by atoms with Gasteiger partial charge in [0, 0.05) is 0 Å². The zero-order valence-electron chi connectivity index (χ0n) is 30.8. The molecule has 1 amide bonds. The molecule has 0 saturated heterocycles. The topological polar surface area (TPSA) is 110 Å². The molecule has 4 unspecified atom stereocenters. The number of hydrogen-bond donors (Lipinski definition) is 5. The van der Waals surface area contributed by atoms with Crippen molar-refractivity contribution in [2.75, 3.05) is 6.61 Å². The van der Waals surface area contributed by atoms with Crippen LogP contribution in [0.3, 0.4) is 0 Å². The molecule has 0 bridgehead atoms. The Hall–Kier alpha value is -0.690. The van der Waals surface area contributed by atoms with Gasteiger partial charge in [-0.3, -0.25) is 4.79 Å². The normalized spacial score (nSPS) is 14.3. The van der Waals surface area contributed by atoms with Gasteiger partial charge in [-0.1, -0.05) is 206 Å². The highest BCUT2D eigenvalue weighted by Gasteiger charge is 2.28. The predicted octanol–water partition coefficient (Wildman–Crippen LogP) is 10.1. The number of carbonyl (C=O) groups excluding carboxylic acids is 1. The smallest absolute Gasteiger partial charge is 0.249 e. The van der Waals surface area contributed by atoms with Crippen LogP contribution in [0.2, 0.25) is 0 Å². The minimum Gasteiger partial charge on any atom is -0.394 e. The van der Waals surface area contributed by atoms with E-state index in [1.165, 1.54) is 154 Å². The van der Waals surface area contributed by atoms with E-state index in [9.17, 15) is 25.2 Å². The van der Waals surface area contributed by atoms with Crippen LogP contribution in [0.15, 0.2) is 0 Å². The van der Waals surface area contributed by atoms with Gasteiger partial charge in [0.15, 0.2) is 0 Å². The third-order valence-corrected chi connectivity index (χ3v) is 9.82.